The van der Waals surface area contributed by atoms with Gasteiger partial charge in [-0.25, -0.2) is 0 Å². The highest BCUT2D eigenvalue weighted by atomic mass is 79.9. The van der Waals surface area contributed by atoms with Crippen LogP contribution in [0.5, 0.6) is 0 Å². The van der Waals surface area contributed by atoms with Gasteiger partial charge in [0.25, 0.3) is 5.91 Å². The average Bonchev–Trinajstić information content (AvgIpc) is 3.07. The van der Waals surface area contributed by atoms with E-state index in [0.29, 0.717) is 21.9 Å². The van der Waals surface area contributed by atoms with Crippen LogP contribution in [0, 0.1) is 11.3 Å². The van der Waals surface area contributed by atoms with Gasteiger partial charge in [0.1, 0.15) is 0 Å². The van der Waals surface area contributed by atoms with Crippen molar-refractivity contribution < 1.29 is 4.79 Å². The van der Waals surface area contributed by atoms with Crippen LogP contribution in [0.3, 0.4) is 0 Å². The second-order valence-electron chi connectivity index (χ2n) is 5.32. The third-order valence-corrected chi connectivity index (χ3v) is 4.78. The highest BCUT2D eigenvalue weighted by Gasteiger charge is 2.45. The van der Waals surface area contributed by atoms with E-state index < -0.39 is 0 Å². The van der Waals surface area contributed by atoms with Crippen LogP contribution >= 0.6 is 27.5 Å². The van der Waals surface area contributed by atoms with E-state index in [1.165, 1.54) is 12.8 Å². The molecule has 0 spiro atoms. The van der Waals surface area contributed by atoms with Gasteiger partial charge < -0.3 is 5.32 Å². The Morgan fingerprint density at radius 2 is 2.17 bits per heavy atom. The number of hydrogen-bond acceptors (Lipinski definition) is 1. The van der Waals surface area contributed by atoms with Crippen molar-refractivity contribution in [2.75, 3.05) is 6.54 Å². The fourth-order valence-electron chi connectivity index (χ4n) is 2.14. The molecule has 2 rings (SSSR count). The van der Waals surface area contributed by atoms with E-state index in [2.05, 4.69) is 35.1 Å². The lowest BCUT2D eigenvalue weighted by Crippen LogP contribution is -2.32. The molecule has 1 aliphatic carbocycles. The first-order valence-corrected chi connectivity index (χ1v) is 7.35. The highest BCUT2D eigenvalue weighted by Crippen LogP contribution is 2.51. The fourth-order valence-corrected chi connectivity index (χ4v) is 3.01. The Kier molecular flexibility index (Phi) is 4.02. The minimum atomic E-state index is -0.0366. The van der Waals surface area contributed by atoms with Crippen molar-refractivity contribution in [2.45, 2.75) is 26.7 Å². The molecule has 0 atom stereocenters. The molecule has 0 aromatic heterocycles. The first-order valence-electron chi connectivity index (χ1n) is 6.18. The van der Waals surface area contributed by atoms with Crippen molar-refractivity contribution in [3.8, 4) is 0 Å². The summed E-state index contributed by atoms with van der Waals surface area (Å²) in [4.78, 5) is 12.1. The Labute approximate surface area is 121 Å². The molecule has 1 saturated carbocycles. The molecule has 18 heavy (non-hydrogen) atoms. The molecule has 1 aliphatic rings. The Morgan fingerprint density at radius 1 is 1.50 bits per heavy atom. The summed E-state index contributed by atoms with van der Waals surface area (Å²) >= 11 is 9.23. The summed E-state index contributed by atoms with van der Waals surface area (Å²) in [7, 11) is 0. The topological polar surface area (TPSA) is 29.1 Å². The van der Waals surface area contributed by atoms with Crippen LogP contribution in [-0.2, 0) is 0 Å². The Hall–Kier alpha value is -0.540. The second kappa shape index (κ2) is 5.22. The van der Waals surface area contributed by atoms with Crippen LogP contribution in [0.25, 0.3) is 0 Å². The van der Waals surface area contributed by atoms with E-state index in [1.807, 2.05) is 0 Å². The normalized spacial score (nSPS) is 16.7. The molecule has 0 saturated heterocycles. The largest absolute Gasteiger partial charge is 0.351 e. The van der Waals surface area contributed by atoms with E-state index in [0.717, 1.165) is 11.0 Å². The number of nitrogens with one attached hydrogen (secondary N) is 1. The zero-order valence-electron chi connectivity index (χ0n) is 10.6. The smallest absolute Gasteiger partial charge is 0.252 e. The number of hydrogen-bond donors (Lipinski definition) is 1. The summed E-state index contributed by atoms with van der Waals surface area (Å²) < 4.78 is 0.738. The number of amides is 1. The average molecular weight is 331 g/mol. The quantitative estimate of drug-likeness (QED) is 0.877. The number of carbonyl (C=O) groups is 1. The lowest BCUT2D eigenvalue weighted by molar-refractivity contribution is 0.0939. The Balaban J connectivity index is 2.00. The Morgan fingerprint density at radius 3 is 2.67 bits per heavy atom. The van der Waals surface area contributed by atoms with Gasteiger partial charge in [0.2, 0.25) is 0 Å². The van der Waals surface area contributed by atoms with Gasteiger partial charge in [-0.3, -0.25) is 4.79 Å². The monoisotopic (exact) mass is 329 g/mol. The number of halogens is 2. The summed E-state index contributed by atoms with van der Waals surface area (Å²) in [6.07, 6.45) is 2.43. The molecule has 0 radical (unpaired) electrons. The van der Waals surface area contributed by atoms with Crippen LogP contribution in [-0.4, -0.2) is 12.5 Å². The molecule has 0 aliphatic heterocycles. The standard InChI is InChI=1S/C14H17BrClNO/c1-9(2)14(5-6-14)8-17-13(18)11-4-3-10(16)7-12(11)15/h3-4,7,9H,5-6,8H2,1-2H3,(H,17,18). The molecule has 98 valence electrons. The zero-order valence-corrected chi connectivity index (χ0v) is 12.9. The van der Waals surface area contributed by atoms with Gasteiger partial charge in [0, 0.05) is 16.0 Å². The van der Waals surface area contributed by atoms with Gasteiger partial charge >= 0.3 is 0 Å². The summed E-state index contributed by atoms with van der Waals surface area (Å²) in [6.45, 7) is 5.20. The molecule has 0 unspecified atom stereocenters. The summed E-state index contributed by atoms with van der Waals surface area (Å²) in [5, 5.41) is 3.66. The SMILES string of the molecule is CC(C)C1(CNC(=O)c2ccc(Cl)cc2Br)CC1. The van der Waals surface area contributed by atoms with E-state index >= 15 is 0 Å². The first kappa shape index (κ1) is 13.9. The van der Waals surface area contributed by atoms with E-state index in [-0.39, 0.29) is 5.91 Å². The third kappa shape index (κ3) is 2.89. The number of benzene rings is 1. The molecule has 0 heterocycles. The van der Waals surface area contributed by atoms with E-state index in [9.17, 15) is 4.79 Å². The lowest BCUT2D eigenvalue weighted by atomic mass is 9.92. The van der Waals surface area contributed by atoms with Crippen LogP contribution in [0.4, 0.5) is 0 Å². The van der Waals surface area contributed by atoms with Crippen molar-refractivity contribution in [1.82, 2.24) is 5.32 Å². The maximum absolute atomic E-state index is 12.1. The maximum Gasteiger partial charge on any atom is 0.252 e. The second-order valence-corrected chi connectivity index (χ2v) is 6.61. The predicted molar refractivity (Wildman–Crippen MR) is 78.0 cm³/mol. The molecule has 1 aromatic carbocycles. The van der Waals surface area contributed by atoms with Crippen molar-refractivity contribution in [1.29, 1.82) is 0 Å². The molecular formula is C14H17BrClNO. The fraction of sp³-hybridized carbons (Fsp3) is 0.500. The summed E-state index contributed by atoms with van der Waals surface area (Å²) in [5.74, 6) is 0.580. The minimum Gasteiger partial charge on any atom is -0.351 e. The van der Waals surface area contributed by atoms with Crippen LogP contribution in [0.15, 0.2) is 22.7 Å². The van der Waals surface area contributed by atoms with Crippen molar-refractivity contribution in [3.63, 3.8) is 0 Å². The van der Waals surface area contributed by atoms with E-state index in [1.54, 1.807) is 18.2 Å². The molecule has 1 fully saturated rings. The van der Waals surface area contributed by atoms with Crippen molar-refractivity contribution >= 4 is 33.4 Å². The summed E-state index contributed by atoms with van der Waals surface area (Å²) in [6, 6.07) is 5.22. The van der Waals surface area contributed by atoms with Crippen LogP contribution in [0.2, 0.25) is 5.02 Å². The number of carbonyl (C=O) groups excluding carboxylic acids is 1. The van der Waals surface area contributed by atoms with Gasteiger partial charge in [-0.2, -0.15) is 0 Å². The maximum atomic E-state index is 12.1. The molecule has 2 nitrogen and oxygen atoms in total. The van der Waals surface area contributed by atoms with Gasteiger partial charge in [-0.05, 0) is 58.3 Å². The van der Waals surface area contributed by atoms with Gasteiger partial charge in [0.15, 0.2) is 0 Å². The molecular weight excluding hydrogens is 314 g/mol. The first-order chi connectivity index (χ1) is 8.44. The predicted octanol–water partition coefficient (Wildman–Crippen LogP) is 4.27. The molecule has 4 heteroatoms. The molecule has 1 aromatic rings. The molecule has 0 bridgehead atoms. The molecule has 1 N–H and O–H groups in total. The van der Waals surface area contributed by atoms with Crippen LogP contribution < -0.4 is 5.32 Å². The van der Waals surface area contributed by atoms with Gasteiger partial charge in [-0.15, -0.1) is 0 Å². The molecule has 1 amide bonds. The third-order valence-electron chi connectivity index (χ3n) is 3.89. The zero-order chi connectivity index (χ0) is 13.3. The van der Waals surface area contributed by atoms with Gasteiger partial charge in [-0.1, -0.05) is 25.4 Å². The highest BCUT2D eigenvalue weighted by molar-refractivity contribution is 9.10. The van der Waals surface area contributed by atoms with Gasteiger partial charge in [0.05, 0.1) is 5.56 Å². The number of rotatable bonds is 4. The van der Waals surface area contributed by atoms with Crippen molar-refractivity contribution in [3.05, 3.63) is 33.3 Å². The minimum absolute atomic E-state index is 0.0366. The summed E-state index contributed by atoms with van der Waals surface area (Å²) in [5.41, 5.74) is 0.966. The van der Waals surface area contributed by atoms with Crippen molar-refractivity contribution in [2.24, 2.45) is 11.3 Å². The van der Waals surface area contributed by atoms with Crippen LogP contribution in [0.1, 0.15) is 37.0 Å². The lowest BCUT2D eigenvalue weighted by Gasteiger charge is -2.20. The Bertz CT molecular complexity index is 469. The van der Waals surface area contributed by atoms with E-state index in [4.69, 9.17) is 11.6 Å².